The Labute approximate surface area is 189 Å². The van der Waals surface area contributed by atoms with Crippen LogP contribution in [0.5, 0.6) is 0 Å². The Bertz CT molecular complexity index is 719. The monoisotopic (exact) mass is 472 g/mol. The zero-order chi connectivity index (χ0) is 22.4. The molecular formula is C26H43BGeO2. The summed E-state index contributed by atoms with van der Waals surface area (Å²) >= 11 is -2.28. The van der Waals surface area contributed by atoms with Crippen LogP contribution in [-0.2, 0) is 9.31 Å². The molecule has 0 aliphatic carbocycles. The summed E-state index contributed by atoms with van der Waals surface area (Å²) in [5.74, 6) is 7.30. The quantitative estimate of drug-likeness (QED) is 0.270. The van der Waals surface area contributed by atoms with Gasteiger partial charge in [0.1, 0.15) is 0 Å². The molecule has 1 saturated heterocycles. The third-order valence-corrected chi connectivity index (χ3v) is 12.7. The van der Waals surface area contributed by atoms with Crippen molar-refractivity contribution < 1.29 is 9.31 Å². The van der Waals surface area contributed by atoms with E-state index >= 15 is 0 Å². The molecule has 0 spiro atoms. The van der Waals surface area contributed by atoms with Gasteiger partial charge in [0.05, 0.1) is 0 Å². The number of unbranched alkanes of at least 4 members (excludes halogenated alkanes) is 2. The van der Waals surface area contributed by atoms with Crippen LogP contribution in [0.2, 0.25) is 11.5 Å². The van der Waals surface area contributed by atoms with Crippen LogP contribution in [0.15, 0.2) is 52.4 Å². The zero-order valence-corrected chi connectivity index (χ0v) is 22.8. The van der Waals surface area contributed by atoms with Gasteiger partial charge >= 0.3 is 189 Å². The van der Waals surface area contributed by atoms with Crippen LogP contribution in [0.1, 0.15) is 80.1 Å². The van der Waals surface area contributed by atoms with Crippen molar-refractivity contribution >= 4 is 24.8 Å². The first-order valence-electron chi connectivity index (χ1n) is 11.9. The van der Waals surface area contributed by atoms with Crippen LogP contribution in [0, 0.1) is 0 Å². The number of benzene rings is 1. The van der Waals surface area contributed by atoms with Crippen molar-refractivity contribution in [1.82, 2.24) is 0 Å². The van der Waals surface area contributed by atoms with Crippen LogP contribution in [0.4, 0.5) is 0 Å². The Balaban J connectivity index is 2.42. The fourth-order valence-corrected chi connectivity index (χ4v) is 8.99. The summed E-state index contributed by atoms with van der Waals surface area (Å²) in [7, 11) is -0.265. The normalized spacial score (nSPS) is 19.4. The van der Waals surface area contributed by atoms with Crippen molar-refractivity contribution in [2.45, 2.75) is 103 Å². The second-order valence-electron chi connectivity index (χ2n) is 10.3. The van der Waals surface area contributed by atoms with E-state index < -0.39 is 13.3 Å². The Morgan fingerprint density at radius 2 is 1.37 bits per heavy atom. The minimum atomic E-state index is -2.28. The van der Waals surface area contributed by atoms with Crippen molar-refractivity contribution in [3.63, 3.8) is 0 Å². The van der Waals surface area contributed by atoms with E-state index in [2.05, 4.69) is 94.3 Å². The van der Waals surface area contributed by atoms with E-state index in [0.29, 0.717) is 0 Å². The topological polar surface area (TPSA) is 18.5 Å². The van der Waals surface area contributed by atoms with Gasteiger partial charge in [-0.25, -0.2) is 0 Å². The molecule has 1 aliphatic rings. The van der Waals surface area contributed by atoms with Crippen molar-refractivity contribution in [2.24, 2.45) is 0 Å². The molecule has 0 radical (unpaired) electrons. The van der Waals surface area contributed by atoms with Crippen molar-refractivity contribution in [1.29, 1.82) is 0 Å². The van der Waals surface area contributed by atoms with Gasteiger partial charge < -0.3 is 0 Å². The zero-order valence-electron chi connectivity index (χ0n) is 20.7. The molecular weight excluding hydrogens is 428 g/mol. The SMILES string of the molecule is CCCCC(=C/B1OC(C)(C)C(C)(C)O1)/C(=[CH]\[Ge]([CH3])([CH3])[c]1ccccc1)CCCC. The molecule has 2 nitrogen and oxygen atoms in total. The fraction of sp³-hybridized carbons (Fsp3) is 0.615. The first-order valence-corrected chi connectivity index (χ1v) is 18.3. The summed E-state index contributed by atoms with van der Waals surface area (Å²) in [6.07, 6.45) is 7.09. The van der Waals surface area contributed by atoms with E-state index in [1.165, 1.54) is 41.2 Å². The molecule has 0 N–H and O–H groups in total. The first-order chi connectivity index (χ1) is 14.0. The maximum absolute atomic E-state index is 6.33. The van der Waals surface area contributed by atoms with Gasteiger partial charge in [0.25, 0.3) is 0 Å². The van der Waals surface area contributed by atoms with Crippen LogP contribution >= 0.6 is 0 Å². The predicted molar refractivity (Wildman–Crippen MR) is 135 cm³/mol. The molecule has 0 atom stereocenters. The summed E-state index contributed by atoms with van der Waals surface area (Å²) in [5.41, 5.74) is 2.39. The summed E-state index contributed by atoms with van der Waals surface area (Å²) in [6, 6.07) is 11.1. The molecule has 0 unspecified atom stereocenters. The van der Waals surface area contributed by atoms with Gasteiger partial charge in [-0.2, -0.15) is 0 Å². The van der Waals surface area contributed by atoms with E-state index in [0.717, 1.165) is 12.8 Å². The molecule has 30 heavy (non-hydrogen) atoms. The predicted octanol–water partition coefficient (Wildman–Crippen LogP) is 7.01. The van der Waals surface area contributed by atoms with E-state index in [1.807, 2.05) is 0 Å². The summed E-state index contributed by atoms with van der Waals surface area (Å²) in [6.45, 7) is 13.1. The molecule has 4 heteroatoms. The van der Waals surface area contributed by atoms with Gasteiger partial charge in [0, 0.05) is 0 Å². The molecule has 166 valence electrons. The Morgan fingerprint density at radius 1 is 0.867 bits per heavy atom. The van der Waals surface area contributed by atoms with Gasteiger partial charge in [0.2, 0.25) is 0 Å². The number of allylic oxidation sites excluding steroid dienone is 2. The molecule has 1 heterocycles. The molecule has 0 saturated carbocycles. The first kappa shape index (κ1) is 25.5. The van der Waals surface area contributed by atoms with Gasteiger partial charge in [-0.3, -0.25) is 0 Å². The number of hydrogen-bond acceptors (Lipinski definition) is 2. The van der Waals surface area contributed by atoms with Crippen LogP contribution in [-0.4, -0.2) is 31.6 Å². The molecule has 2 rings (SSSR count). The van der Waals surface area contributed by atoms with Crippen molar-refractivity contribution in [2.75, 3.05) is 0 Å². The van der Waals surface area contributed by atoms with E-state index in [4.69, 9.17) is 9.31 Å². The minimum absolute atomic E-state index is 0.265. The molecule has 0 amide bonds. The second kappa shape index (κ2) is 10.7. The molecule has 1 aliphatic heterocycles. The molecule has 0 bridgehead atoms. The van der Waals surface area contributed by atoms with E-state index in [-0.39, 0.29) is 18.3 Å². The molecule has 0 aromatic heterocycles. The third kappa shape index (κ3) is 6.61. The maximum atomic E-state index is 6.33. The van der Waals surface area contributed by atoms with Crippen LogP contribution < -0.4 is 4.40 Å². The molecule has 1 fully saturated rings. The van der Waals surface area contributed by atoms with Gasteiger partial charge in [-0.1, -0.05) is 0 Å². The van der Waals surface area contributed by atoms with Crippen molar-refractivity contribution in [3.05, 3.63) is 52.4 Å². The van der Waals surface area contributed by atoms with Gasteiger partial charge in [0.15, 0.2) is 0 Å². The van der Waals surface area contributed by atoms with Crippen LogP contribution in [0.3, 0.4) is 0 Å². The molecule has 1 aromatic carbocycles. The Morgan fingerprint density at radius 3 is 1.87 bits per heavy atom. The second-order valence-corrected chi connectivity index (χ2v) is 19.3. The third-order valence-electron chi connectivity index (χ3n) is 6.67. The van der Waals surface area contributed by atoms with E-state index in [1.54, 1.807) is 0 Å². The van der Waals surface area contributed by atoms with E-state index in [9.17, 15) is 0 Å². The van der Waals surface area contributed by atoms with Gasteiger partial charge in [-0.15, -0.1) is 0 Å². The number of rotatable bonds is 10. The Kier molecular flexibility index (Phi) is 9.09. The standard InChI is InChI=1S/C26H43BGeO2/c1-9-11-16-22(20-27-29-25(3,4)26(5,6)30-27)23(17-12-10-2)21-28(7,8)24-18-14-13-15-19-24/h13-15,18-21H,9-12,16-17H2,1-8H3/b22-20-,23-21-. The van der Waals surface area contributed by atoms with Crippen molar-refractivity contribution in [3.8, 4) is 0 Å². The average molecular weight is 471 g/mol. The summed E-state index contributed by atoms with van der Waals surface area (Å²) in [4.78, 5) is 2.68. The average Bonchev–Trinajstić information content (AvgIpc) is 2.89. The van der Waals surface area contributed by atoms with Gasteiger partial charge in [-0.05, 0) is 0 Å². The molecule has 1 aromatic rings. The summed E-state index contributed by atoms with van der Waals surface area (Å²) in [5, 5.41) is 0. The summed E-state index contributed by atoms with van der Waals surface area (Å²) < 4.78 is 14.2. The number of hydrogen-bond donors (Lipinski definition) is 0. The fourth-order valence-electron chi connectivity index (χ4n) is 3.92. The Hall–Kier alpha value is -0.772. The van der Waals surface area contributed by atoms with Crippen LogP contribution in [0.25, 0.3) is 0 Å².